The van der Waals surface area contributed by atoms with Crippen LogP contribution in [-0.2, 0) is 9.53 Å². The highest BCUT2D eigenvalue weighted by molar-refractivity contribution is 14.1. The molecule has 4 aromatic rings. The number of esters is 1. The smallest absolute Gasteiger partial charge is 0.338 e. The molecular weight excluding hydrogens is 778 g/mol. The zero-order valence-corrected chi connectivity index (χ0v) is 28.5. The van der Waals surface area contributed by atoms with Crippen molar-refractivity contribution in [1.29, 1.82) is 0 Å². The number of rotatable bonds is 8. The second-order valence-corrected chi connectivity index (χ2v) is 13.1. The van der Waals surface area contributed by atoms with Gasteiger partial charge in [-0.05, 0) is 102 Å². The summed E-state index contributed by atoms with van der Waals surface area (Å²) in [6.45, 7) is 5.90. The Labute approximate surface area is 274 Å². The highest BCUT2D eigenvalue weighted by atomic mass is 127. The van der Waals surface area contributed by atoms with E-state index in [2.05, 4.69) is 45.2 Å². The maximum atomic E-state index is 14.2. The molecule has 2 heterocycles. The van der Waals surface area contributed by atoms with Crippen LogP contribution in [0, 0.1) is 7.14 Å². The molecule has 0 unspecified atom stereocenters. The number of hydrogen-bond acceptors (Lipinski definition) is 7. The predicted molar refractivity (Wildman–Crippen MR) is 182 cm³/mol. The van der Waals surface area contributed by atoms with E-state index in [1.165, 1.54) is 11.3 Å². The van der Waals surface area contributed by atoms with Gasteiger partial charge < -0.3 is 14.2 Å². The second kappa shape index (κ2) is 13.1. The van der Waals surface area contributed by atoms with E-state index in [4.69, 9.17) is 19.2 Å². The van der Waals surface area contributed by atoms with E-state index in [1.54, 1.807) is 18.6 Å². The van der Waals surface area contributed by atoms with Gasteiger partial charge in [0.05, 0.1) is 45.2 Å². The number of hydrogen-bond donors (Lipinski definition) is 0. The van der Waals surface area contributed by atoms with Gasteiger partial charge in [0.2, 0.25) is 0 Å². The minimum atomic E-state index is -0.758. The summed E-state index contributed by atoms with van der Waals surface area (Å²) in [5.74, 6) is 0.873. The van der Waals surface area contributed by atoms with Crippen molar-refractivity contribution in [1.82, 2.24) is 4.57 Å². The molecule has 0 fully saturated rings. The number of halogens is 2. The Hall–Kier alpha value is -2.97. The molecule has 0 saturated heterocycles. The molecule has 0 radical (unpaired) electrons. The van der Waals surface area contributed by atoms with Gasteiger partial charge in [0.1, 0.15) is 11.5 Å². The third-order valence-corrected chi connectivity index (χ3v) is 8.89. The average Bonchev–Trinajstić information content (AvgIpc) is 3.28. The maximum absolute atomic E-state index is 14.2. The van der Waals surface area contributed by atoms with Gasteiger partial charge in [0.15, 0.2) is 4.80 Å². The molecule has 3 aromatic carbocycles. The number of thiazole rings is 1. The van der Waals surface area contributed by atoms with Crippen LogP contribution < -0.4 is 24.4 Å². The molecule has 0 aliphatic carbocycles. The first-order valence-corrected chi connectivity index (χ1v) is 16.3. The average molecular weight is 806 g/mol. The molecule has 5 rings (SSSR count). The lowest BCUT2D eigenvalue weighted by Crippen LogP contribution is -2.40. The molecular formula is C32H28I2N2O5S. The van der Waals surface area contributed by atoms with Crippen LogP contribution in [0.1, 0.15) is 43.5 Å². The van der Waals surface area contributed by atoms with Crippen molar-refractivity contribution in [2.45, 2.75) is 32.9 Å². The predicted octanol–water partition coefficient (Wildman–Crippen LogP) is 5.94. The number of aromatic nitrogens is 1. The van der Waals surface area contributed by atoms with Gasteiger partial charge in [-0.15, -0.1) is 0 Å². The van der Waals surface area contributed by atoms with Crippen LogP contribution in [0.5, 0.6) is 11.5 Å². The lowest BCUT2D eigenvalue weighted by molar-refractivity contribution is -0.138. The molecule has 42 heavy (non-hydrogen) atoms. The zero-order valence-electron chi connectivity index (χ0n) is 23.4. The van der Waals surface area contributed by atoms with Gasteiger partial charge in [-0.1, -0.05) is 53.8 Å². The molecule has 0 N–H and O–H groups in total. The molecule has 0 amide bonds. The lowest BCUT2D eigenvalue weighted by Gasteiger charge is -2.26. The van der Waals surface area contributed by atoms with E-state index >= 15 is 0 Å². The topological polar surface area (TPSA) is 79.1 Å². The minimum absolute atomic E-state index is 0.0393. The monoisotopic (exact) mass is 806 g/mol. The van der Waals surface area contributed by atoms with Gasteiger partial charge in [0, 0.05) is 14.7 Å². The Bertz CT molecular complexity index is 1840. The summed E-state index contributed by atoms with van der Waals surface area (Å²) in [5, 5.41) is 0. The summed E-state index contributed by atoms with van der Waals surface area (Å²) in [5.41, 5.74) is 2.84. The summed E-state index contributed by atoms with van der Waals surface area (Å²) >= 11 is 5.81. The van der Waals surface area contributed by atoms with Crippen molar-refractivity contribution in [3.05, 3.63) is 116 Å². The minimum Gasteiger partial charge on any atom is -0.497 e. The van der Waals surface area contributed by atoms with Crippen LogP contribution in [0.2, 0.25) is 0 Å². The fraction of sp³-hybridized carbons (Fsp3) is 0.219. The largest absolute Gasteiger partial charge is 0.497 e. The summed E-state index contributed by atoms with van der Waals surface area (Å²) in [4.78, 5) is 33.3. The molecule has 0 bridgehead atoms. The lowest BCUT2D eigenvalue weighted by atomic mass is 9.93. The van der Waals surface area contributed by atoms with Crippen LogP contribution in [0.4, 0.5) is 0 Å². The second-order valence-electron chi connectivity index (χ2n) is 9.68. The maximum Gasteiger partial charge on any atom is 0.338 e. The summed E-state index contributed by atoms with van der Waals surface area (Å²) in [6.07, 6.45) is 1.82. The van der Waals surface area contributed by atoms with Crippen LogP contribution >= 0.6 is 56.5 Å². The molecule has 0 spiro atoms. The third-order valence-electron chi connectivity index (χ3n) is 6.48. The Kier molecular flexibility index (Phi) is 9.53. The molecule has 1 atom stereocenters. The van der Waals surface area contributed by atoms with Gasteiger partial charge in [0.25, 0.3) is 5.56 Å². The van der Waals surface area contributed by atoms with Crippen molar-refractivity contribution in [2.75, 3.05) is 13.7 Å². The Morgan fingerprint density at radius 2 is 1.81 bits per heavy atom. The van der Waals surface area contributed by atoms with Crippen LogP contribution in [0.15, 0.2) is 82.1 Å². The number of fused-ring (bicyclic) bond motifs is 1. The summed E-state index contributed by atoms with van der Waals surface area (Å²) in [6, 6.07) is 20.2. The highest BCUT2D eigenvalue weighted by Gasteiger charge is 2.35. The van der Waals surface area contributed by atoms with Crippen molar-refractivity contribution < 1.29 is 19.0 Å². The highest BCUT2D eigenvalue weighted by Crippen LogP contribution is 2.36. The molecule has 10 heteroatoms. The van der Waals surface area contributed by atoms with E-state index in [-0.39, 0.29) is 18.3 Å². The van der Waals surface area contributed by atoms with E-state index in [0.29, 0.717) is 26.4 Å². The van der Waals surface area contributed by atoms with Crippen LogP contribution in [0.3, 0.4) is 0 Å². The first-order valence-electron chi connectivity index (χ1n) is 13.3. The molecule has 0 saturated carbocycles. The Morgan fingerprint density at radius 3 is 2.45 bits per heavy atom. The summed E-state index contributed by atoms with van der Waals surface area (Å²) < 4.78 is 21.1. The fourth-order valence-electron chi connectivity index (χ4n) is 4.73. The van der Waals surface area contributed by atoms with Crippen molar-refractivity contribution in [3.8, 4) is 11.5 Å². The molecule has 216 valence electrons. The van der Waals surface area contributed by atoms with Gasteiger partial charge in [-0.3, -0.25) is 9.36 Å². The van der Waals surface area contributed by atoms with Crippen molar-refractivity contribution in [2.24, 2.45) is 4.99 Å². The first kappa shape index (κ1) is 30.5. The number of carbonyl (C=O) groups is 1. The molecule has 7 nitrogen and oxygen atoms in total. The number of methoxy groups -OCH3 is 1. The fourth-order valence-corrected chi connectivity index (χ4v) is 7.74. The van der Waals surface area contributed by atoms with Gasteiger partial charge in [-0.2, -0.15) is 0 Å². The normalized spacial score (nSPS) is 14.9. The van der Waals surface area contributed by atoms with Crippen molar-refractivity contribution >= 4 is 74.3 Å². The first-order chi connectivity index (χ1) is 20.2. The number of ether oxygens (including phenoxy) is 3. The van der Waals surface area contributed by atoms with E-state index in [1.807, 2.05) is 86.7 Å². The van der Waals surface area contributed by atoms with E-state index < -0.39 is 12.0 Å². The van der Waals surface area contributed by atoms with Gasteiger partial charge >= 0.3 is 5.97 Å². The SMILES string of the molecule is CCOC(=O)C1=C(c2ccccc2)N=c2s/c(=C\c3cc(I)cc(I)c3OC(C)C)c(=O)n2[C@H]1c1ccc(OC)cc1. The van der Waals surface area contributed by atoms with Crippen LogP contribution in [-0.4, -0.2) is 30.4 Å². The van der Waals surface area contributed by atoms with E-state index in [0.717, 1.165) is 29.6 Å². The molecule has 1 aromatic heterocycles. The molecule has 1 aliphatic heterocycles. The van der Waals surface area contributed by atoms with Crippen LogP contribution in [0.25, 0.3) is 11.8 Å². The van der Waals surface area contributed by atoms with Gasteiger partial charge in [-0.25, -0.2) is 9.79 Å². The quantitative estimate of drug-likeness (QED) is 0.163. The Morgan fingerprint density at radius 1 is 1.10 bits per heavy atom. The zero-order chi connectivity index (χ0) is 30.0. The summed E-state index contributed by atoms with van der Waals surface area (Å²) in [7, 11) is 1.60. The number of carbonyl (C=O) groups excluding carboxylic acids is 1. The standard InChI is InChI=1S/C32H28I2N2O5S/c1-5-40-31(38)26-27(19-9-7-6-8-10-19)35-32-36(28(26)20-11-13-23(39-4)14-12-20)30(37)25(42-32)16-21-15-22(33)17-24(34)29(21)41-18(2)3/h6-18,28H,5H2,1-4H3/b25-16-/t28-/m0/s1. The van der Waals surface area contributed by atoms with E-state index in [9.17, 15) is 9.59 Å². The third kappa shape index (κ3) is 6.20. The molecule has 1 aliphatic rings. The van der Waals surface area contributed by atoms with Crippen molar-refractivity contribution in [3.63, 3.8) is 0 Å². The Balaban J connectivity index is 1.82. The number of nitrogens with zero attached hydrogens (tertiary/aromatic N) is 2. The number of benzene rings is 3.